The van der Waals surface area contributed by atoms with E-state index in [9.17, 15) is 4.79 Å². The molecule has 5 nitrogen and oxygen atoms in total. The van der Waals surface area contributed by atoms with Gasteiger partial charge < -0.3 is 10.4 Å². The van der Waals surface area contributed by atoms with Crippen LogP contribution >= 0.6 is 0 Å². The number of hydrogen-bond donors (Lipinski definition) is 2. The molecule has 2 N–H and O–H groups in total. The van der Waals surface area contributed by atoms with Gasteiger partial charge in [0.15, 0.2) is 5.78 Å². The number of benzene rings is 2. The van der Waals surface area contributed by atoms with E-state index in [2.05, 4.69) is 80.4 Å². The van der Waals surface area contributed by atoms with E-state index in [1.807, 2.05) is 18.4 Å². The molecule has 0 amide bonds. The van der Waals surface area contributed by atoms with Gasteiger partial charge >= 0.3 is 0 Å². The van der Waals surface area contributed by atoms with Crippen molar-refractivity contribution in [1.29, 1.82) is 0 Å². The Morgan fingerprint density at radius 1 is 1.14 bits per heavy atom. The molecule has 1 aliphatic carbocycles. The van der Waals surface area contributed by atoms with Crippen molar-refractivity contribution in [2.45, 2.75) is 60.0 Å². The van der Waals surface area contributed by atoms with Gasteiger partial charge in [-0.05, 0) is 59.7 Å². The topological polar surface area (TPSA) is 69.6 Å². The quantitative estimate of drug-likeness (QED) is 0.372. The summed E-state index contributed by atoms with van der Waals surface area (Å²) >= 11 is 0. The molecule has 0 unspecified atom stereocenters. The van der Waals surface area contributed by atoms with Crippen LogP contribution < -0.4 is 5.32 Å². The zero-order valence-corrected chi connectivity index (χ0v) is 22.9. The summed E-state index contributed by atoms with van der Waals surface area (Å²) in [5, 5.41) is 13.5. The van der Waals surface area contributed by atoms with E-state index in [1.165, 1.54) is 29.2 Å². The number of hydrogen-bond acceptors (Lipinski definition) is 4. The number of aliphatic carboxylic acids is 1. The molecule has 1 heterocycles. The fraction of sp³-hybridized carbons (Fsp3) is 0.400. The number of nitrogens with one attached hydrogen (secondary N) is 1. The van der Waals surface area contributed by atoms with Crippen LogP contribution in [0.25, 0.3) is 10.8 Å². The zero-order chi connectivity index (χ0) is 25.6. The van der Waals surface area contributed by atoms with Gasteiger partial charge in [-0.3, -0.25) is 14.5 Å². The van der Waals surface area contributed by atoms with E-state index < -0.39 is 5.97 Å². The van der Waals surface area contributed by atoms with Crippen LogP contribution in [0, 0.1) is 5.41 Å². The van der Waals surface area contributed by atoms with Gasteiger partial charge in [-0.15, -0.1) is 0 Å². The van der Waals surface area contributed by atoms with Gasteiger partial charge in [0.05, 0.1) is 0 Å². The molecule has 2 aromatic carbocycles. The Balaban J connectivity index is 0.000000850. The summed E-state index contributed by atoms with van der Waals surface area (Å²) in [6, 6.07) is 15.7. The van der Waals surface area contributed by atoms with Gasteiger partial charge in [-0.2, -0.15) is 0 Å². The fourth-order valence-electron chi connectivity index (χ4n) is 4.75. The van der Waals surface area contributed by atoms with E-state index in [4.69, 9.17) is 9.90 Å². The summed E-state index contributed by atoms with van der Waals surface area (Å²) in [5.74, 6) is -0.690. The number of ketones is 1. The Bertz CT molecular complexity index is 1160. The summed E-state index contributed by atoms with van der Waals surface area (Å²) < 4.78 is 0. The number of Topliss-reactive ketones (excluding diaryl/α,β-unsaturated/α-hetero) is 1. The second kappa shape index (κ2) is 13.0. The molecule has 1 aliphatic heterocycles. The van der Waals surface area contributed by atoms with Crippen LogP contribution in [0.15, 0.2) is 77.5 Å². The predicted octanol–water partition coefficient (Wildman–Crippen LogP) is 5.87. The van der Waals surface area contributed by atoms with Gasteiger partial charge in [0.1, 0.15) is 0 Å². The first-order valence-corrected chi connectivity index (χ1v) is 12.3. The Morgan fingerprint density at radius 2 is 1.81 bits per heavy atom. The number of carboxylic acid groups (broad SMARTS) is 1. The standard InChI is InChI=1S/C28H34N2O.C2H4O2.Ni/c1-20-15-23(27(31)26(16-20)28(2,3)4)17-29-18-24-12-8-14-30(24)19-22-11-7-10-21-9-5-6-13-25(21)22;1-2(3)4;/h5-7,9-11,13,15-17,24,29H,8,12,14,18-19H2,1-4H3;1H3,(H,3,4);/b23-17-;;/t24-;;/m0../s1. The minimum Gasteiger partial charge on any atom is -0.481 e. The van der Waals surface area contributed by atoms with Crippen LogP contribution in [-0.4, -0.2) is 40.9 Å². The zero-order valence-electron chi connectivity index (χ0n) is 21.9. The van der Waals surface area contributed by atoms with E-state index in [0.29, 0.717) is 6.04 Å². The molecule has 2 aliphatic rings. The number of nitrogens with zero attached hydrogens (tertiary/aromatic N) is 1. The molecule has 1 atom stereocenters. The normalized spacial score (nSPS) is 19.2. The summed E-state index contributed by atoms with van der Waals surface area (Å²) in [5.41, 5.74) is 4.04. The first-order valence-electron chi connectivity index (χ1n) is 12.3. The summed E-state index contributed by atoms with van der Waals surface area (Å²) in [6.45, 7) is 12.4. The van der Waals surface area contributed by atoms with Gasteiger partial charge in [-0.25, -0.2) is 0 Å². The third-order valence-electron chi connectivity index (χ3n) is 6.43. The molecule has 36 heavy (non-hydrogen) atoms. The Morgan fingerprint density at radius 3 is 2.50 bits per heavy atom. The molecule has 0 bridgehead atoms. The van der Waals surface area contributed by atoms with Crippen LogP contribution in [0.3, 0.4) is 0 Å². The van der Waals surface area contributed by atoms with Gasteiger partial charge in [0.2, 0.25) is 0 Å². The van der Waals surface area contributed by atoms with E-state index in [-0.39, 0.29) is 27.7 Å². The van der Waals surface area contributed by atoms with Crippen molar-refractivity contribution in [2.24, 2.45) is 5.41 Å². The van der Waals surface area contributed by atoms with Crippen molar-refractivity contribution in [3.63, 3.8) is 0 Å². The average molecular weight is 533 g/mol. The van der Waals surface area contributed by atoms with Crippen molar-refractivity contribution < 1.29 is 31.2 Å². The molecular formula is C30H38N2NiO3. The molecule has 0 radical (unpaired) electrons. The fourth-order valence-corrected chi connectivity index (χ4v) is 4.75. The second-order valence-electron chi connectivity index (χ2n) is 10.5. The van der Waals surface area contributed by atoms with Crippen molar-refractivity contribution in [2.75, 3.05) is 13.1 Å². The van der Waals surface area contributed by atoms with Crippen molar-refractivity contribution >= 4 is 22.5 Å². The van der Waals surface area contributed by atoms with Crippen LogP contribution in [-0.2, 0) is 32.6 Å². The number of carboxylic acids is 1. The minimum atomic E-state index is -0.833. The number of fused-ring (bicyclic) bond motifs is 1. The Hall–Kier alpha value is -2.69. The Labute approximate surface area is 225 Å². The van der Waals surface area contributed by atoms with Crippen molar-refractivity contribution in [3.05, 3.63) is 83.1 Å². The molecular weight excluding hydrogens is 495 g/mol. The summed E-state index contributed by atoms with van der Waals surface area (Å²) in [4.78, 5) is 24.5. The first-order chi connectivity index (χ1) is 16.6. The van der Waals surface area contributed by atoms with Crippen molar-refractivity contribution in [3.8, 4) is 0 Å². The number of rotatable bonds is 5. The molecule has 4 rings (SSSR count). The van der Waals surface area contributed by atoms with E-state index in [0.717, 1.165) is 43.3 Å². The number of allylic oxidation sites excluding steroid dienone is 5. The molecule has 1 saturated heterocycles. The van der Waals surface area contributed by atoms with E-state index >= 15 is 0 Å². The summed E-state index contributed by atoms with van der Waals surface area (Å²) in [7, 11) is 0. The first kappa shape index (κ1) is 29.5. The largest absolute Gasteiger partial charge is 0.481 e. The smallest absolute Gasteiger partial charge is 0.300 e. The Kier molecular flexibility index (Phi) is 10.7. The minimum absolute atomic E-state index is 0. The third-order valence-corrected chi connectivity index (χ3v) is 6.43. The van der Waals surface area contributed by atoms with Crippen LogP contribution in [0.2, 0.25) is 0 Å². The number of carbonyl (C=O) groups is 2. The molecule has 0 saturated carbocycles. The molecule has 0 aromatic heterocycles. The average Bonchev–Trinajstić information content (AvgIpc) is 3.22. The molecule has 2 aromatic rings. The van der Waals surface area contributed by atoms with Gasteiger partial charge in [0.25, 0.3) is 5.97 Å². The van der Waals surface area contributed by atoms with Crippen LogP contribution in [0.4, 0.5) is 0 Å². The van der Waals surface area contributed by atoms with Crippen LogP contribution in [0.5, 0.6) is 0 Å². The molecule has 1 fully saturated rings. The maximum Gasteiger partial charge on any atom is 0.300 e. The SMILES string of the molecule is CC(=O)O.CC1=C/C(=C/NC[C@@H]2CCCN2Cc2cccc3ccccc23)C(=O)C(C(C)(C)C)=C1.[Ni]. The van der Waals surface area contributed by atoms with Crippen LogP contribution in [0.1, 0.15) is 53.0 Å². The van der Waals surface area contributed by atoms with Gasteiger partial charge in [0, 0.05) is 59.9 Å². The van der Waals surface area contributed by atoms with Crippen molar-refractivity contribution in [1.82, 2.24) is 10.2 Å². The second-order valence-corrected chi connectivity index (χ2v) is 10.5. The predicted molar refractivity (Wildman–Crippen MR) is 143 cm³/mol. The monoisotopic (exact) mass is 532 g/mol. The molecule has 6 heteroatoms. The summed E-state index contributed by atoms with van der Waals surface area (Å²) in [6.07, 6.45) is 8.37. The molecule has 196 valence electrons. The third kappa shape index (κ3) is 7.91. The van der Waals surface area contributed by atoms with E-state index in [1.54, 1.807) is 0 Å². The van der Waals surface area contributed by atoms with Gasteiger partial charge in [-0.1, -0.05) is 69.3 Å². The maximum absolute atomic E-state index is 12.9. The molecule has 0 spiro atoms. The number of likely N-dealkylation sites (tertiary alicyclic amines) is 1. The number of carbonyl (C=O) groups excluding carboxylic acids is 1. The maximum atomic E-state index is 12.9.